The van der Waals surface area contributed by atoms with Crippen LogP contribution in [0.2, 0.25) is 0 Å². The van der Waals surface area contributed by atoms with Crippen LogP contribution < -0.4 is 0 Å². The van der Waals surface area contributed by atoms with Crippen molar-refractivity contribution >= 4 is 0 Å². The second kappa shape index (κ2) is 14.1. The Morgan fingerprint density at radius 3 is 1.36 bits per heavy atom. The highest BCUT2D eigenvalue weighted by atomic mass is 14.9. The highest BCUT2D eigenvalue weighted by molar-refractivity contribution is 5.96. The summed E-state index contributed by atoms with van der Waals surface area (Å²) < 4.78 is 0. The Labute approximate surface area is 355 Å². The van der Waals surface area contributed by atoms with Crippen LogP contribution in [0.1, 0.15) is 22.3 Å². The predicted octanol–water partition coefficient (Wildman–Crippen LogP) is 14.2. The van der Waals surface area contributed by atoms with Crippen molar-refractivity contribution in [1.29, 1.82) is 0 Å². The van der Waals surface area contributed by atoms with Crippen molar-refractivity contribution in [2.75, 3.05) is 0 Å². The molecule has 2 heterocycles. The van der Waals surface area contributed by atoms with E-state index in [0.717, 1.165) is 50.3 Å². The molecule has 2 aromatic heterocycles. The molecular formula is C58H37N3. The monoisotopic (exact) mass is 775 g/mol. The number of hydrogen-bond donors (Lipinski definition) is 0. The lowest BCUT2D eigenvalue weighted by molar-refractivity contribution is 0.794. The first-order chi connectivity index (χ1) is 30.2. The summed E-state index contributed by atoms with van der Waals surface area (Å²) in [5, 5.41) is 0. The van der Waals surface area contributed by atoms with Crippen LogP contribution in [-0.2, 0) is 5.41 Å². The lowest BCUT2D eigenvalue weighted by atomic mass is 9.70. The highest BCUT2D eigenvalue weighted by Crippen LogP contribution is 2.63. The minimum Gasteiger partial charge on any atom is -0.264 e. The van der Waals surface area contributed by atoms with E-state index in [2.05, 4.69) is 193 Å². The molecule has 2 aliphatic rings. The molecule has 10 aromatic rings. The van der Waals surface area contributed by atoms with Gasteiger partial charge >= 0.3 is 0 Å². The van der Waals surface area contributed by atoms with Crippen molar-refractivity contribution in [1.82, 2.24) is 15.0 Å². The molecule has 0 atom stereocenters. The fraction of sp³-hybridized carbons (Fsp3) is 0.0172. The fourth-order valence-electron chi connectivity index (χ4n) is 9.84. The van der Waals surface area contributed by atoms with Gasteiger partial charge in [0.1, 0.15) is 0 Å². The van der Waals surface area contributed by atoms with E-state index in [1.165, 1.54) is 55.6 Å². The third-order valence-electron chi connectivity index (χ3n) is 12.6. The predicted molar refractivity (Wildman–Crippen MR) is 249 cm³/mol. The van der Waals surface area contributed by atoms with Gasteiger partial charge in [0, 0.05) is 29.1 Å². The van der Waals surface area contributed by atoms with Crippen LogP contribution >= 0.6 is 0 Å². The summed E-state index contributed by atoms with van der Waals surface area (Å²) in [6, 6.07) is 76.7. The summed E-state index contributed by atoms with van der Waals surface area (Å²) in [6.45, 7) is 0. The average Bonchev–Trinajstić information content (AvgIpc) is 3.82. The van der Waals surface area contributed by atoms with Gasteiger partial charge in [0.15, 0.2) is 5.82 Å². The zero-order valence-electron chi connectivity index (χ0n) is 33.2. The zero-order chi connectivity index (χ0) is 40.3. The first-order valence-corrected chi connectivity index (χ1v) is 20.8. The third-order valence-corrected chi connectivity index (χ3v) is 12.6. The van der Waals surface area contributed by atoms with Gasteiger partial charge in [0.05, 0.1) is 16.8 Å². The first kappa shape index (κ1) is 35.0. The summed E-state index contributed by atoms with van der Waals surface area (Å²) in [5.41, 5.74) is 22.0. The summed E-state index contributed by atoms with van der Waals surface area (Å²) in [7, 11) is 0. The van der Waals surface area contributed by atoms with Crippen LogP contribution in [0.5, 0.6) is 0 Å². The largest absolute Gasteiger partial charge is 0.264 e. The number of pyridine rings is 1. The molecule has 61 heavy (non-hydrogen) atoms. The molecule has 0 amide bonds. The molecule has 0 aliphatic heterocycles. The molecule has 12 rings (SSSR count). The number of benzene rings is 8. The first-order valence-electron chi connectivity index (χ1n) is 20.8. The fourth-order valence-corrected chi connectivity index (χ4v) is 9.84. The van der Waals surface area contributed by atoms with Crippen molar-refractivity contribution in [2.24, 2.45) is 0 Å². The Morgan fingerprint density at radius 2 is 0.738 bits per heavy atom. The van der Waals surface area contributed by atoms with Crippen LogP contribution in [-0.4, -0.2) is 15.0 Å². The molecule has 1 spiro atoms. The molecular weight excluding hydrogens is 739 g/mol. The third kappa shape index (κ3) is 5.62. The van der Waals surface area contributed by atoms with Crippen molar-refractivity contribution in [3.05, 3.63) is 247 Å². The summed E-state index contributed by atoms with van der Waals surface area (Å²) in [5.74, 6) is 0.696. The van der Waals surface area contributed by atoms with E-state index < -0.39 is 0 Å². The van der Waals surface area contributed by atoms with Gasteiger partial charge in [-0.25, -0.2) is 9.97 Å². The second-order valence-corrected chi connectivity index (χ2v) is 16.0. The number of fused-ring (bicyclic) bond motifs is 10. The smallest absolute Gasteiger partial charge is 0.160 e. The molecule has 0 fully saturated rings. The van der Waals surface area contributed by atoms with Gasteiger partial charge in [0.25, 0.3) is 0 Å². The average molecular weight is 776 g/mol. The topological polar surface area (TPSA) is 38.7 Å². The summed E-state index contributed by atoms with van der Waals surface area (Å²) in [4.78, 5) is 14.5. The van der Waals surface area contributed by atoms with Gasteiger partial charge in [0.2, 0.25) is 0 Å². The van der Waals surface area contributed by atoms with Crippen LogP contribution in [0.15, 0.2) is 225 Å². The van der Waals surface area contributed by atoms with Gasteiger partial charge in [-0.3, -0.25) is 4.98 Å². The maximum Gasteiger partial charge on any atom is 0.160 e. The van der Waals surface area contributed by atoms with Crippen molar-refractivity contribution in [2.45, 2.75) is 5.41 Å². The van der Waals surface area contributed by atoms with Crippen LogP contribution in [0, 0.1) is 0 Å². The van der Waals surface area contributed by atoms with E-state index in [0.29, 0.717) is 5.82 Å². The van der Waals surface area contributed by atoms with E-state index >= 15 is 0 Å². The number of aromatic nitrogens is 3. The molecule has 0 unspecified atom stereocenters. The molecule has 2 aliphatic carbocycles. The van der Waals surface area contributed by atoms with Gasteiger partial charge < -0.3 is 0 Å². The number of hydrogen-bond acceptors (Lipinski definition) is 3. The molecule has 0 radical (unpaired) electrons. The molecule has 0 bridgehead atoms. The SMILES string of the molecule is c1ccc(-c2nc(-c3ccc(-c4cccnc4)cc3)cc(-c3cccc(-c4cccc(-c5ccc6c(c5)-c5ccccc5C65c6ccccc6-c6ccccc65)c4)c3)n2)cc1. The molecule has 3 nitrogen and oxygen atoms in total. The number of rotatable bonds is 6. The van der Waals surface area contributed by atoms with Crippen LogP contribution in [0.3, 0.4) is 0 Å². The lowest BCUT2D eigenvalue weighted by Crippen LogP contribution is -2.25. The normalized spacial score (nSPS) is 12.7. The van der Waals surface area contributed by atoms with Crippen LogP contribution in [0.25, 0.3) is 89.5 Å². The molecule has 0 N–H and O–H groups in total. The van der Waals surface area contributed by atoms with E-state index in [1.54, 1.807) is 6.20 Å². The highest BCUT2D eigenvalue weighted by Gasteiger charge is 2.51. The summed E-state index contributed by atoms with van der Waals surface area (Å²) in [6.07, 6.45) is 3.69. The van der Waals surface area contributed by atoms with E-state index in [-0.39, 0.29) is 5.41 Å². The quantitative estimate of drug-likeness (QED) is 0.169. The molecule has 284 valence electrons. The lowest BCUT2D eigenvalue weighted by Gasteiger charge is -2.30. The van der Waals surface area contributed by atoms with Gasteiger partial charge in [-0.2, -0.15) is 0 Å². The number of nitrogens with zero attached hydrogens (tertiary/aromatic N) is 3. The standard InChI is InChI=1S/C58H37N3/c1-2-13-40(14-3-1)57-60-55(39-28-26-38(27-29-39)46-19-12-32-59-37-46)36-56(61-57)45-18-11-17-43(34-45)41-15-10-16-42(33-41)44-30-31-54-50(35-44)49-22-6-9-25-53(49)58(54)51-23-7-4-20-47(51)48-21-5-8-24-52(48)58/h1-37H. The van der Waals surface area contributed by atoms with Crippen molar-refractivity contribution in [3.63, 3.8) is 0 Å². The van der Waals surface area contributed by atoms with Crippen molar-refractivity contribution < 1.29 is 0 Å². The van der Waals surface area contributed by atoms with E-state index in [1.807, 2.05) is 30.5 Å². The molecule has 0 saturated carbocycles. The molecule has 0 saturated heterocycles. The minimum absolute atomic E-state index is 0.343. The Bertz CT molecular complexity index is 3250. The zero-order valence-corrected chi connectivity index (χ0v) is 33.2. The molecule has 8 aromatic carbocycles. The second-order valence-electron chi connectivity index (χ2n) is 16.0. The Balaban J connectivity index is 0.928. The van der Waals surface area contributed by atoms with E-state index in [4.69, 9.17) is 9.97 Å². The van der Waals surface area contributed by atoms with Gasteiger partial charge in [-0.05, 0) is 108 Å². The van der Waals surface area contributed by atoms with E-state index in [9.17, 15) is 0 Å². The summed E-state index contributed by atoms with van der Waals surface area (Å²) >= 11 is 0. The maximum absolute atomic E-state index is 5.16. The maximum atomic E-state index is 5.16. The Hall–Kier alpha value is -8.01. The van der Waals surface area contributed by atoms with Crippen molar-refractivity contribution in [3.8, 4) is 89.5 Å². The minimum atomic E-state index is -0.343. The van der Waals surface area contributed by atoms with Gasteiger partial charge in [-0.1, -0.05) is 182 Å². The Kier molecular flexibility index (Phi) is 8.07. The Morgan fingerprint density at radius 1 is 0.279 bits per heavy atom. The molecule has 3 heteroatoms. The van der Waals surface area contributed by atoms with Gasteiger partial charge in [-0.15, -0.1) is 0 Å². The van der Waals surface area contributed by atoms with Crippen LogP contribution in [0.4, 0.5) is 0 Å².